The molecule has 0 bridgehead atoms. The maximum Gasteiger partial charge on any atom is 0.201 e. The zero-order chi connectivity index (χ0) is 19.9. The molecule has 1 aliphatic heterocycles. The fraction of sp³-hybridized carbons (Fsp3) is 0.550. The van der Waals surface area contributed by atoms with Crippen LogP contribution in [0.25, 0.3) is 6.08 Å². The molecule has 144 valence electrons. The fourth-order valence-electron chi connectivity index (χ4n) is 2.75. The number of sulfone groups is 1. The molecule has 1 heterocycles. The first kappa shape index (κ1) is 21.0. The van der Waals surface area contributed by atoms with E-state index >= 15 is 0 Å². The molecule has 0 saturated heterocycles. The van der Waals surface area contributed by atoms with E-state index in [2.05, 4.69) is 46.5 Å². The lowest BCUT2D eigenvalue weighted by Crippen LogP contribution is -2.17. The van der Waals surface area contributed by atoms with E-state index < -0.39 is 9.84 Å². The molecule has 0 radical (unpaired) electrons. The van der Waals surface area contributed by atoms with Gasteiger partial charge in [0.05, 0.1) is 11.4 Å². The Kier molecular flexibility index (Phi) is 5.70. The van der Waals surface area contributed by atoms with Gasteiger partial charge in [0, 0.05) is 16.9 Å². The minimum Gasteiger partial charge on any atom is -0.507 e. The molecule has 1 N–H and O–H groups in total. The van der Waals surface area contributed by atoms with Crippen molar-refractivity contribution in [3.63, 3.8) is 0 Å². The number of hydrogen-bond donors (Lipinski definition) is 1. The van der Waals surface area contributed by atoms with Gasteiger partial charge in [-0.1, -0.05) is 60.2 Å². The number of benzene rings is 1. The average molecular weight is 396 g/mol. The first-order valence-corrected chi connectivity index (χ1v) is 11.4. The summed E-state index contributed by atoms with van der Waals surface area (Å²) in [5, 5.41) is 10.8. The van der Waals surface area contributed by atoms with E-state index in [0.29, 0.717) is 11.5 Å². The molecule has 0 aliphatic carbocycles. The van der Waals surface area contributed by atoms with Crippen molar-refractivity contribution >= 4 is 32.1 Å². The first-order valence-electron chi connectivity index (χ1n) is 8.78. The second kappa shape index (κ2) is 7.04. The predicted molar refractivity (Wildman–Crippen MR) is 113 cm³/mol. The normalized spacial score (nSPS) is 17.7. The number of phenols is 1. The van der Waals surface area contributed by atoms with Crippen molar-refractivity contribution in [2.24, 2.45) is 4.99 Å². The standard InChI is InChI=1S/C20H29NO3S2/c1-8-26(23,24)18-21-14(12-25-18)9-13-10-15(19(2,3)4)17(22)16(11-13)20(5,6)7/h9-11,22H,8,12H2,1-7H3/b14-9-. The van der Waals surface area contributed by atoms with Crippen LogP contribution in [-0.2, 0) is 20.7 Å². The lowest BCUT2D eigenvalue weighted by molar-refractivity contribution is 0.423. The van der Waals surface area contributed by atoms with Gasteiger partial charge in [-0.05, 0) is 34.6 Å². The summed E-state index contributed by atoms with van der Waals surface area (Å²) >= 11 is 1.27. The van der Waals surface area contributed by atoms with Crippen molar-refractivity contribution in [3.8, 4) is 5.75 Å². The van der Waals surface area contributed by atoms with Gasteiger partial charge in [0.2, 0.25) is 9.84 Å². The monoisotopic (exact) mass is 395 g/mol. The Hall–Kier alpha value is -1.27. The van der Waals surface area contributed by atoms with Crippen LogP contribution in [0.1, 0.15) is 65.2 Å². The Morgan fingerprint density at radius 1 is 1.12 bits per heavy atom. The summed E-state index contributed by atoms with van der Waals surface area (Å²) in [7, 11) is -3.26. The van der Waals surface area contributed by atoms with Crippen LogP contribution in [0.5, 0.6) is 5.75 Å². The van der Waals surface area contributed by atoms with Gasteiger partial charge in [0.1, 0.15) is 5.75 Å². The van der Waals surface area contributed by atoms with Crippen molar-refractivity contribution in [2.75, 3.05) is 11.5 Å². The van der Waals surface area contributed by atoms with E-state index in [4.69, 9.17) is 0 Å². The van der Waals surface area contributed by atoms with Gasteiger partial charge in [-0.15, -0.1) is 0 Å². The smallest absolute Gasteiger partial charge is 0.201 e. The second-order valence-corrected chi connectivity index (χ2v) is 12.1. The lowest BCUT2D eigenvalue weighted by atomic mass is 9.78. The highest BCUT2D eigenvalue weighted by atomic mass is 32.3. The Morgan fingerprint density at radius 3 is 2.04 bits per heavy atom. The van der Waals surface area contributed by atoms with Crippen molar-refractivity contribution in [1.82, 2.24) is 0 Å². The van der Waals surface area contributed by atoms with Crippen LogP contribution in [-0.4, -0.2) is 29.4 Å². The van der Waals surface area contributed by atoms with Crippen molar-refractivity contribution in [1.29, 1.82) is 0 Å². The predicted octanol–water partition coefficient (Wildman–Crippen LogP) is 4.87. The fourth-order valence-corrected chi connectivity index (χ4v) is 5.10. The van der Waals surface area contributed by atoms with Gasteiger partial charge >= 0.3 is 0 Å². The minimum absolute atomic E-state index is 0.0632. The van der Waals surface area contributed by atoms with Crippen molar-refractivity contribution < 1.29 is 13.5 Å². The molecule has 1 aromatic carbocycles. The molecular formula is C20H29NO3S2. The molecule has 0 aromatic heterocycles. The summed E-state index contributed by atoms with van der Waals surface area (Å²) in [6, 6.07) is 3.95. The van der Waals surface area contributed by atoms with Crippen LogP contribution in [0, 0.1) is 0 Å². The number of phenolic OH excluding ortho intramolecular Hbond substituents is 1. The zero-order valence-electron chi connectivity index (χ0n) is 16.7. The van der Waals surface area contributed by atoms with Crippen LogP contribution in [0.4, 0.5) is 0 Å². The Morgan fingerprint density at radius 2 is 1.62 bits per heavy atom. The van der Waals surface area contributed by atoms with Crippen LogP contribution in [0.3, 0.4) is 0 Å². The van der Waals surface area contributed by atoms with Crippen LogP contribution >= 0.6 is 11.8 Å². The van der Waals surface area contributed by atoms with Crippen molar-refractivity contribution in [2.45, 2.75) is 59.3 Å². The van der Waals surface area contributed by atoms with Crippen LogP contribution < -0.4 is 0 Å². The molecule has 6 heteroatoms. The van der Waals surface area contributed by atoms with Gasteiger partial charge < -0.3 is 5.11 Å². The number of thioether (sulfide) groups is 1. The molecule has 0 saturated carbocycles. The number of aliphatic imine (C=N–C) groups is 1. The molecule has 0 spiro atoms. The van der Waals surface area contributed by atoms with Crippen LogP contribution in [0.15, 0.2) is 22.8 Å². The van der Waals surface area contributed by atoms with Gasteiger partial charge in [-0.2, -0.15) is 0 Å². The number of nitrogens with zero attached hydrogens (tertiary/aromatic N) is 1. The summed E-state index contributed by atoms with van der Waals surface area (Å²) < 4.78 is 24.2. The molecule has 26 heavy (non-hydrogen) atoms. The van der Waals surface area contributed by atoms with E-state index in [0.717, 1.165) is 22.4 Å². The lowest BCUT2D eigenvalue weighted by Gasteiger charge is -2.28. The summed E-state index contributed by atoms with van der Waals surface area (Å²) in [4.78, 5) is 4.32. The molecule has 2 rings (SSSR count). The number of rotatable bonds is 2. The third-order valence-corrected chi connectivity index (χ3v) is 7.58. The molecule has 0 unspecified atom stereocenters. The van der Waals surface area contributed by atoms with Gasteiger partial charge in [0.25, 0.3) is 0 Å². The van der Waals surface area contributed by atoms with Gasteiger partial charge in [0.15, 0.2) is 4.38 Å². The van der Waals surface area contributed by atoms with E-state index in [1.807, 2.05) is 18.2 Å². The van der Waals surface area contributed by atoms with E-state index in [-0.39, 0.29) is 21.0 Å². The van der Waals surface area contributed by atoms with E-state index in [1.54, 1.807) is 6.92 Å². The highest BCUT2D eigenvalue weighted by Gasteiger charge is 2.27. The van der Waals surface area contributed by atoms with Crippen LogP contribution in [0.2, 0.25) is 0 Å². The maximum absolute atomic E-state index is 12.0. The number of hydrogen-bond acceptors (Lipinski definition) is 5. The average Bonchev–Trinajstić information content (AvgIpc) is 2.96. The molecule has 0 atom stereocenters. The molecule has 1 aromatic rings. The highest BCUT2D eigenvalue weighted by Crippen LogP contribution is 2.40. The minimum atomic E-state index is -3.26. The summed E-state index contributed by atoms with van der Waals surface area (Å²) in [6.45, 7) is 14.1. The molecule has 1 aliphatic rings. The first-order chi connectivity index (χ1) is 11.8. The quantitative estimate of drug-likeness (QED) is 0.776. The van der Waals surface area contributed by atoms with Gasteiger partial charge in [-0.25, -0.2) is 13.4 Å². The summed E-state index contributed by atoms with van der Waals surface area (Å²) in [5.41, 5.74) is 3.03. The molecule has 0 fully saturated rings. The summed E-state index contributed by atoms with van der Waals surface area (Å²) in [6.07, 6.45) is 1.93. The molecule has 4 nitrogen and oxygen atoms in total. The number of aromatic hydroxyl groups is 1. The Balaban J connectivity index is 2.58. The summed E-state index contributed by atoms with van der Waals surface area (Å²) in [5.74, 6) is 0.949. The highest BCUT2D eigenvalue weighted by molar-refractivity contribution is 8.35. The van der Waals surface area contributed by atoms with Gasteiger partial charge in [-0.3, -0.25) is 0 Å². The SMILES string of the molecule is CCS(=O)(=O)C1=N/C(=C\c2cc(C(C)(C)C)c(O)c(C(C)(C)C)c2)CS1. The Labute approximate surface area is 161 Å². The Bertz CT molecular complexity index is 832. The topological polar surface area (TPSA) is 66.7 Å². The second-order valence-electron chi connectivity index (χ2n) is 8.67. The van der Waals surface area contributed by atoms with E-state index in [1.165, 1.54) is 11.8 Å². The maximum atomic E-state index is 12.0. The van der Waals surface area contributed by atoms with Crippen molar-refractivity contribution in [3.05, 3.63) is 34.5 Å². The largest absolute Gasteiger partial charge is 0.507 e. The van der Waals surface area contributed by atoms with E-state index in [9.17, 15) is 13.5 Å². The molecule has 0 amide bonds. The molecular weight excluding hydrogens is 366 g/mol. The zero-order valence-corrected chi connectivity index (χ0v) is 18.3. The third kappa shape index (κ3) is 4.52. The third-order valence-electron chi connectivity index (χ3n) is 4.31.